The molecule has 1 saturated heterocycles. The average molecular weight is 316 g/mol. The van der Waals surface area contributed by atoms with Crippen LogP contribution in [0, 0.1) is 5.92 Å². The molecular formula is C11H16N4O3S2. The number of carbonyl (C=O) groups is 1. The summed E-state index contributed by atoms with van der Waals surface area (Å²) < 4.78 is 23.8. The fourth-order valence-corrected chi connectivity index (χ4v) is 4.71. The van der Waals surface area contributed by atoms with E-state index in [2.05, 4.69) is 15.5 Å². The molecule has 9 heteroatoms. The van der Waals surface area contributed by atoms with Crippen LogP contribution < -0.4 is 5.32 Å². The Morgan fingerprint density at radius 2 is 2.25 bits per heavy atom. The highest BCUT2D eigenvalue weighted by Gasteiger charge is 2.41. The zero-order chi connectivity index (χ0) is 14.2. The van der Waals surface area contributed by atoms with Crippen molar-refractivity contribution < 1.29 is 13.2 Å². The largest absolute Gasteiger partial charge is 0.323 e. The van der Waals surface area contributed by atoms with Crippen molar-refractivity contribution in [1.29, 1.82) is 0 Å². The van der Waals surface area contributed by atoms with Crippen LogP contribution >= 0.6 is 11.3 Å². The minimum atomic E-state index is -3.05. The predicted octanol–water partition coefficient (Wildman–Crippen LogP) is 0.969. The summed E-state index contributed by atoms with van der Waals surface area (Å²) in [6.07, 6.45) is 2.50. The van der Waals surface area contributed by atoms with Gasteiger partial charge in [-0.1, -0.05) is 11.3 Å². The van der Waals surface area contributed by atoms with Crippen LogP contribution in [0.2, 0.25) is 0 Å². The van der Waals surface area contributed by atoms with Gasteiger partial charge in [0, 0.05) is 6.54 Å². The van der Waals surface area contributed by atoms with E-state index in [4.69, 9.17) is 0 Å². The van der Waals surface area contributed by atoms with Crippen molar-refractivity contribution in [3.63, 3.8) is 0 Å². The highest BCUT2D eigenvalue weighted by molar-refractivity contribution is 7.91. The lowest BCUT2D eigenvalue weighted by atomic mass is 10.2. The third-order valence-corrected chi connectivity index (χ3v) is 6.05. The Hall–Kier alpha value is -1.22. The second kappa shape index (κ2) is 5.28. The molecule has 20 heavy (non-hydrogen) atoms. The van der Waals surface area contributed by atoms with Gasteiger partial charge < -0.3 is 4.90 Å². The molecule has 0 bridgehead atoms. The fraction of sp³-hybridized carbons (Fsp3) is 0.727. The number of hydrogen-bond acceptors (Lipinski definition) is 6. The molecule has 0 aromatic carbocycles. The maximum Gasteiger partial charge on any atom is 0.323 e. The van der Waals surface area contributed by atoms with E-state index in [-0.39, 0.29) is 23.6 Å². The summed E-state index contributed by atoms with van der Waals surface area (Å²) in [4.78, 5) is 14.0. The van der Waals surface area contributed by atoms with Crippen molar-refractivity contribution in [2.75, 3.05) is 23.4 Å². The number of sulfone groups is 1. The van der Waals surface area contributed by atoms with E-state index in [1.165, 1.54) is 11.3 Å². The summed E-state index contributed by atoms with van der Waals surface area (Å²) in [6.45, 7) is 0.477. The minimum Gasteiger partial charge on any atom is -0.320 e. The van der Waals surface area contributed by atoms with E-state index >= 15 is 0 Å². The van der Waals surface area contributed by atoms with Crippen molar-refractivity contribution in [3.05, 3.63) is 5.51 Å². The highest BCUT2D eigenvalue weighted by atomic mass is 32.2. The molecule has 110 valence electrons. The quantitative estimate of drug-likeness (QED) is 0.877. The Morgan fingerprint density at radius 3 is 2.90 bits per heavy atom. The van der Waals surface area contributed by atoms with E-state index in [0.717, 1.165) is 12.8 Å². The first kappa shape index (κ1) is 13.7. The molecule has 2 amide bonds. The Balaban J connectivity index is 1.76. The van der Waals surface area contributed by atoms with Crippen molar-refractivity contribution in [2.24, 2.45) is 5.92 Å². The number of hydrogen-bond donors (Lipinski definition) is 1. The van der Waals surface area contributed by atoms with Crippen molar-refractivity contribution >= 4 is 32.3 Å². The zero-order valence-corrected chi connectivity index (χ0v) is 12.5. The van der Waals surface area contributed by atoms with Gasteiger partial charge in [0.15, 0.2) is 9.84 Å². The number of carbonyl (C=O) groups excluding carboxylic acids is 1. The van der Waals surface area contributed by atoms with E-state index in [1.807, 2.05) is 0 Å². The SMILES string of the molecule is O=C(Nc1nncs1)N1CCCS(=O)(=O)CC1C1CC1. The van der Waals surface area contributed by atoms with E-state index in [1.54, 1.807) is 10.4 Å². The topological polar surface area (TPSA) is 92.3 Å². The second-order valence-corrected chi connectivity index (χ2v) is 8.30. The average Bonchev–Trinajstić information content (AvgIpc) is 3.13. The van der Waals surface area contributed by atoms with Crippen molar-refractivity contribution in [2.45, 2.75) is 25.3 Å². The molecule has 1 saturated carbocycles. The van der Waals surface area contributed by atoms with Crippen LogP contribution in [0.3, 0.4) is 0 Å². The number of aromatic nitrogens is 2. The molecule has 1 atom stereocenters. The molecule has 3 rings (SSSR count). The number of urea groups is 1. The van der Waals surface area contributed by atoms with Gasteiger partial charge in [-0.2, -0.15) is 0 Å². The first-order valence-corrected chi connectivity index (χ1v) is 9.29. The van der Waals surface area contributed by atoms with Gasteiger partial charge in [-0.15, -0.1) is 10.2 Å². The monoisotopic (exact) mass is 316 g/mol. The lowest BCUT2D eigenvalue weighted by molar-refractivity contribution is 0.187. The molecule has 1 aromatic rings. The van der Waals surface area contributed by atoms with Crippen LogP contribution in [0.5, 0.6) is 0 Å². The molecule has 1 aliphatic carbocycles. The molecule has 2 fully saturated rings. The van der Waals surface area contributed by atoms with Crippen LogP contribution in [0.4, 0.5) is 9.93 Å². The Kier molecular flexibility index (Phi) is 3.63. The van der Waals surface area contributed by atoms with Gasteiger partial charge >= 0.3 is 6.03 Å². The number of amides is 2. The molecule has 2 heterocycles. The van der Waals surface area contributed by atoms with E-state index in [0.29, 0.717) is 24.0 Å². The van der Waals surface area contributed by atoms with Crippen molar-refractivity contribution in [3.8, 4) is 0 Å². The third-order valence-electron chi connectivity index (χ3n) is 3.68. The summed E-state index contributed by atoms with van der Waals surface area (Å²) in [6, 6.07) is -0.467. The number of rotatable bonds is 2. The van der Waals surface area contributed by atoms with Crippen LogP contribution in [-0.4, -0.2) is 53.6 Å². The number of nitrogens with zero attached hydrogens (tertiary/aromatic N) is 3. The minimum absolute atomic E-state index is 0.0845. The fourth-order valence-electron chi connectivity index (χ4n) is 2.57. The van der Waals surface area contributed by atoms with E-state index in [9.17, 15) is 13.2 Å². The van der Waals surface area contributed by atoms with Gasteiger partial charge in [-0.05, 0) is 25.2 Å². The smallest absolute Gasteiger partial charge is 0.320 e. The molecule has 1 N–H and O–H groups in total. The van der Waals surface area contributed by atoms with Crippen LogP contribution in [-0.2, 0) is 9.84 Å². The number of nitrogens with one attached hydrogen (secondary N) is 1. The van der Waals surface area contributed by atoms with Gasteiger partial charge in [-0.3, -0.25) is 5.32 Å². The standard InChI is InChI=1S/C11H16N4O3S2/c16-11(13-10-14-12-7-19-10)15-4-1-5-20(17,18)6-9(15)8-2-3-8/h7-9H,1-6H2,(H,13,14,16). The lowest BCUT2D eigenvalue weighted by Crippen LogP contribution is -2.46. The van der Waals surface area contributed by atoms with Crippen LogP contribution in [0.1, 0.15) is 19.3 Å². The van der Waals surface area contributed by atoms with Crippen LogP contribution in [0.15, 0.2) is 5.51 Å². The summed E-state index contributed by atoms with van der Waals surface area (Å²) in [5.41, 5.74) is 1.54. The Morgan fingerprint density at radius 1 is 1.45 bits per heavy atom. The van der Waals surface area contributed by atoms with Gasteiger partial charge in [0.25, 0.3) is 0 Å². The van der Waals surface area contributed by atoms with Crippen LogP contribution in [0.25, 0.3) is 0 Å². The maximum absolute atomic E-state index is 12.3. The summed E-state index contributed by atoms with van der Waals surface area (Å²) in [5.74, 6) is 0.572. The van der Waals surface area contributed by atoms with Gasteiger partial charge in [0.05, 0.1) is 17.5 Å². The normalized spacial score (nSPS) is 26.0. The summed E-state index contributed by atoms with van der Waals surface area (Å²) >= 11 is 1.25. The molecular weight excluding hydrogens is 300 g/mol. The molecule has 1 aliphatic heterocycles. The van der Waals surface area contributed by atoms with Gasteiger partial charge in [-0.25, -0.2) is 13.2 Å². The molecule has 1 aromatic heterocycles. The summed E-state index contributed by atoms with van der Waals surface area (Å²) in [7, 11) is -3.05. The summed E-state index contributed by atoms with van der Waals surface area (Å²) in [5, 5.41) is 10.6. The Bertz CT molecular complexity index is 583. The molecule has 2 aliphatic rings. The van der Waals surface area contributed by atoms with Crippen molar-refractivity contribution in [1.82, 2.24) is 15.1 Å². The number of anilines is 1. The molecule has 0 radical (unpaired) electrons. The first-order valence-electron chi connectivity index (χ1n) is 6.59. The first-order chi connectivity index (χ1) is 9.55. The third kappa shape index (κ3) is 3.09. The molecule has 7 nitrogen and oxygen atoms in total. The van der Waals surface area contributed by atoms with Gasteiger partial charge in [0.2, 0.25) is 5.13 Å². The highest BCUT2D eigenvalue weighted by Crippen LogP contribution is 2.37. The molecule has 0 spiro atoms. The second-order valence-electron chi connectivity index (χ2n) is 5.24. The molecule has 1 unspecified atom stereocenters. The van der Waals surface area contributed by atoms with E-state index < -0.39 is 9.84 Å². The lowest BCUT2D eigenvalue weighted by Gasteiger charge is -2.29. The zero-order valence-electron chi connectivity index (χ0n) is 10.9. The van der Waals surface area contributed by atoms with Gasteiger partial charge in [0.1, 0.15) is 5.51 Å². The predicted molar refractivity (Wildman–Crippen MR) is 75.4 cm³/mol. The maximum atomic E-state index is 12.3. The Labute approximate surface area is 121 Å².